The summed E-state index contributed by atoms with van der Waals surface area (Å²) in [7, 11) is 0. The van der Waals surface area contributed by atoms with Crippen molar-refractivity contribution in [1.82, 2.24) is 4.98 Å². The molecule has 2 nitrogen and oxygen atoms in total. The van der Waals surface area contributed by atoms with Gasteiger partial charge in [-0.1, -0.05) is 17.7 Å². The zero-order valence-electron chi connectivity index (χ0n) is 6.57. The molecule has 3 heteroatoms. The van der Waals surface area contributed by atoms with Crippen molar-refractivity contribution >= 4 is 11.6 Å². The Labute approximate surface area is 76.5 Å². The number of nitrogens with zero attached hydrogens (tertiary/aromatic N) is 1. The molecule has 1 rings (SSSR count). The van der Waals surface area contributed by atoms with Crippen molar-refractivity contribution in [3.05, 3.63) is 41.7 Å². The molecule has 1 heterocycles. The summed E-state index contributed by atoms with van der Waals surface area (Å²) < 4.78 is 0. The van der Waals surface area contributed by atoms with E-state index in [-0.39, 0.29) is 0 Å². The van der Waals surface area contributed by atoms with Crippen LogP contribution < -0.4 is 0 Å². The summed E-state index contributed by atoms with van der Waals surface area (Å²) in [5.41, 5.74) is 0.624. The van der Waals surface area contributed by atoms with Gasteiger partial charge in [0.05, 0.1) is 16.8 Å². The van der Waals surface area contributed by atoms with Crippen LogP contribution >= 0.6 is 11.6 Å². The minimum atomic E-state index is -0.570. The lowest BCUT2D eigenvalue weighted by molar-refractivity contribution is 0.177. The number of pyridine rings is 1. The number of hydrogen-bond donors (Lipinski definition) is 1. The van der Waals surface area contributed by atoms with Gasteiger partial charge in [-0.3, -0.25) is 4.98 Å². The number of aliphatic hydroxyl groups is 1. The summed E-state index contributed by atoms with van der Waals surface area (Å²) in [5.74, 6) is 0. The van der Waals surface area contributed by atoms with Crippen LogP contribution in [0.5, 0.6) is 0 Å². The molecule has 0 bridgehead atoms. The maximum absolute atomic E-state index is 9.43. The number of hydrogen-bond acceptors (Lipinski definition) is 2. The Balaban J connectivity index is 2.74. The second kappa shape index (κ2) is 4.24. The molecule has 0 spiro atoms. The highest BCUT2D eigenvalue weighted by atomic mass is 35.5. The van der Waals surface area contributed by atoms with Crippen LogP contribution in [-0.4, -0.2) is 10.1 Å². The summed E-state index contributed by atoms with van der Waals surface area (Å²) in [4.78, 5) is 3.97. The van der Waals surface area contributed by atoms with Crippen molar-refractivity contribution in [3.63, 3.8) is 0 Å². The van der Waals surface area contributed by atoms with Gasteiger partial charge in [0.2, 0.25) is 0 Å². The average Bonchev–Trinajstić information content (AvgIpc) is 2.06. The van der Waals surface area contributed by atoms with Gasteiger partial charge in [0, 0.05) is 6.20 Å². The smallest absolute Gasteiger partial charge is 0.0993 e. The summed E-state index contributed by atoms with van der Waals surface area (Å²) in [6.07, 6.45) is 3.11. The molecule has 0 radical (unpaired) electrons. The number of aliphatic hydroxyl groups excluding tert-OH is 1. The number of rotatable bonds is 3. The molecule has 0 aromatic carbocycles. The molecule has 64 valence electrons. The van der Waals surface area contributed by atoms with E-state index in [0.29, 0.717) is 17.1 Å². The van der Waals surface area contributed by atoms with Gasteiger partial charge in [-0.05, 0) is 18.6 Å². The van der Waals surface area contributed by atoms with Gasteiger partial charge in [0.15, 0.2) is 0 Å². The van der Waals surface area contributed by atoms with Gasteiger partial charge in [0.25, 0.3) is 0 Å². The number of aromatic nitrogens is 1. The van der Waals surface area contributed by atoms with Crippen LogP contribution in [0.25, 0.3) is 0 Å². The molecule has 0 saturated carbocycles. The largest absolute Gasteiger partial charge is 0.386 e. The molecule has 1 aromatic heterocycles. The Kier molecular flexibility index (Phi) is 3.26. The highest BCUT2D eigenvalue weighted by molar-refractivity contribution is 6.30. The highest BCUT2D eigenvalue weighted by Gasteiger charge is 2.05. The van der Waals surface area contributed by atoms with Crippen molar-refractivity contribution < 1.29 is 5.11 Å². The third-order valence-electron chi connectivity index (χ3n) is 1.48. The zero-order valence-corrected chi connectivity index (χ0v) is 7.33. The predicted octanol–water partition coefficient (Wildman–Crippen LogP) is 2.34. The minimum Gasteiger partial charge on any atom is -0.386 e. The molecule has 1 unspecified atom stereocenters. The summed E-state index contributed by atoms with van der Waals surface area (Å²) in [6.45, 7) is 3.53. The molecular formula is C9H10ClNO. The maximum Gasteiger partial charge on any atom is 0.0993 e. The molecule has 0 aliphatic rings. The monoisotopic (exact) mass is 183 g/mol. The third-order valence-corrected chi connectivity index (χ3v) is 1.71. The van der Waals surface area contributed by atoms with Crippen molar-refractivity contribution in [2.45, 2.75) is 12.5 Å². The summed E-state index contributed by atoms with van der Waals surface area (Å²) in [6, 6.07) is 3.41. The molecule has 0 aliphatic carbocycles. The van der Waals surface area contributed by atoms with Gasteiger partial charge < -0.3 is 5.11 Å². The van der Waals surface area contributed by atoms with E-state index < -0.39 is 6.10 Å². The fourth-order valence-electron chi connectivity index (χ4n) is 0.863. The first-order valence-corrected chi connectivity index (χ1v) is 4.02. The Hall–Kier alpha value is -0.860. The second-order valence-corrected chi connectivity index (χ2v) is 2.88. The van der Waals surface area contributed by atoms with Crippen LogP contribution in [0.2, 0.25) is 5.02 Å². The molecule has 12 heavy (non-hydrogen) atoms. The van der Waals surface area contributed by atoms with Crippen molar-refractivity contribution in [1.29, 1.82) is 0 Å². The van der Waals surface area contributed by atoms with E-state index in [1.54, 1.807) is 18.2 Å². The molecule has 0 fully saturated rings. The van der Waals surface area contributed by atoms with Crippen LogP contribution in [0.1, 0.15) is 18.2 Å². The first-order chi connectivity index (χ1) is 5.74. The van der Waals surface area contributed by atoms with Crippen molar-refractivity contribution in [2.24, 2.45) is 0 Å². The topological polar surface area (TPSA) is 33.1 Å². The molecule has 0 amide bonds. The average molecular weight is 184 g/mol. The van der Waals surface area contributed by atoms with E-state index in [0.717, 1.165) is 0 Å². The number of halogens is 1. The lowest BCUT2D eigenvalue weighted by Gasteiger charge is -2.05. The molecule has 1 N–H and O–H groups in total. The van der Waals surface area contributed by atoms with Gasteiger partial charge >= 0.3 is 0 Å². The SMILES string of the molecule is C=CCC(O)c1ccc(Cl)cn1. The van der Waals surface area contributed by atoms with Gasteiger partial charge in [-0.15, -0.1) is 6.58 Å². The predicted molar refractivity (Wildman–Crippen MR) is 49.0 cm³/mol. The first kappa shape index (κ1) is 9.23. The van der Waals surface area contributed by atoms with Gasteiger partial charge in [0.1, 0.15) is 0 Å². The van der Waals surface area contributed by atoms with E-state index in [1.807, 2.05) is 0 Å². The fraction of sp³-hybridized carbons (Fsp3) is 0.222. The molecular weight excluding hydrogens is 174 g/mol. The molecule has 1 aromatic rings. The van der Waals surface area contributed by atoms with E-state index >= 15 is 0 Å². The van der Waals surface area contributed by atoms with E-state index in [1.165, 1.54) is 6.20 Å². The Bertz CT molecular complexity index is 258. The van der Waals surface area contributed by atoms with E-state index in [9.17, 15) is 5.11 Å². The quantitative estimate of drug-likeness (QED) is 0.730. The Morgan fingerprint density at radius 1 is 1.67 bits per heavy atom. The van der Waals surface area contributed by atoms with Crippen LogP contribution in [0.3, 0.4) is 0 Å². The summed E-state index contributed by atoms with van der Waals surface area (Å²) >= 11 is 5.63. The van der Waals surface area contributed by atoms with Crippen LogP contribution in [0.15, 0.2) is 31.0 Å². The Morgan fingerprint density at radius 3 is 2.92 bits per heavy atom. The zero-order chi connectivity index (χ0) is 8.97. The van der Waals surface area contributed by atoms with Crippen LogP contribution in [0.4, 0.5) is 0 Å². The summed E-state index contributed by atoms with van der Waals surface area (Å²) in [5, 5.41) is 10.0. The standard InChI is InChI=1S/C9H10ClNO/c1-2-3-9(12)8-5-4-7(10)6-11-8/h2,4-6,9,12H,1,3H2. The van der Waals surface area contributed by atoms with Crippen molar-refractivity contribution in [2.75, 3.05) is 0 Å². The first-order valence-electron chi connectivity index (χ1n) is 3.64. The van der Waals surface area contributed by atoms with Gasteiger partial charge in [-0.2, -0.15) is 0 Å². The lowest BCUT2D eigenvalue weighted by atomic mass is 10.2. The van der Waals surface area contributed by atoms with E-state index in [2.05, 4.69) is 11.6 Å². The normalized spacial score (nSPS) is 12.5. The highest BCUT2D eigenvalue weighted by Crippen LogP contribution is 2.15. The minimum absolute atomic E-state index is 0.509. The third kappa shape index (κ3) is 2.32. The van der Waals surface area contributed by atoms with Gasteiger partial charge in [-0.25, -0.2) is 0 Å². The fourth-order valence-corrected chi connectivity index (χ4v) is 0.975. The molecule has 0 aliphatic heterocycles. The van der Waals surface area contributed by atoms with Crippen LogP contribution in [-0.2, 0) is 0 Å². The maximum atomic E-state index is 9.43. The van der Waals surface area contributed by atoms with Crippen LogP contribution in [0, 0.1) is 0 Å². The van der Waals surface area contributed by atoms with Crippen molar-refractivity contribution in [3.8, 4) is 0 Å². The molecule has 1 atom stereocenters. The second-order valence-electron chi connectivity index (χ2n) is 2.44. The van der Waals surface area contributed by atoms with E-state index in [4.69, 9.17) is 11.6 Å². The Morgan fingerprint density at radius 2 is 2.42 bits per heavy atom. The lowest BCUT2D eigenvalue weighted by Crippen LogP contribution is -1.97. The molecule has 0 saturated heterocycles.